The summed E-state index contributed by atoms with van der Waals surface area (Å²) in [5.41, 5.74) is 0. The van der Waals surface area contributed by atoms with Crippen LogP contribution in [0.4, 0.5) is 0 Å². The summed E-state index contributed by atoms with van der Waals surface area (Å²) in [6, 6.07) is 8.07. The summed E-state index contributed by atoms with van der Waals surface area (Å²) >= 11 is 0. The quantitative estimate of drug-likeness (QED) is 0.220. The molecule has 0 spiro atoms. The van der Waals surface area contributed by atoms with Gasteiger partial charge in [-0.1, -0.05) is 0 Å². The van der Waals surface area contributed by atoms with E-state index in [1.165, 1.54) is 0 Å². The molecule has 0 saturated carbocycles. The predicted molar refractivity (Wildman–Crippen MR) is 124 cm³/mol. The number of morpholine rings is 1. The van der Waals surface area contributed by atoms with Crippen LogP contribution in [0.5, 0.6) is 11.5 Å². The maximum Gasteiger partial charge on any atom is 0.191 e. The van der Waals surface area contributed by atoms with Crippen molar-refractivity contribution in [1.29, 1.82) is 0 Å². The van der Waals surface area contributed by atoms with E-state index in [1.807, 2.05) is 24.3 Å². The van der Waals surface area contributed by atoms with Crippen LogP contribution >= 0.6 is 24.0 Å². The molecule has 2 rings (SSSR count). The van der Waals surface area contributed by atoms with E-state index >= 15 is 0 Å². The fourth-order valence-electron chi connectivity index (χ4n) is 2.84. The van der Waals surface area contributed by atoms with Crippen molar-refractivity contribution in [2.45, 2.75) is 26.3 Å². The van der Waals surface area contributed by atoms with Crippen LogP contribution in [0.3, 0.4) is 0 Å². The SMILES string of the molecule is CCNC(=NCC(C)N1CCOCC1)NCCCOc1ccc(OC)cc1.I. The second-order valence-electron chi connectivity index (χ2n) is 6.52. The van der Waals surface area contributed by atoms with Gasteiger partial charge in [-0.25, -0.2) is 0 Å². The van der Waals surface area contributed by atoms with E-state index in [0.717, 1.165) is 69.8 Å². The first-order valence-corrected chi connectivity index (χ1v) is 9.83. The average molecular weight is 506 g/mol. The van der Waals surface area contributed by atoms with Crippen LogP contribution in [0.15, 0.2) is 29.3 Å². The number of hydrogen-bond acceptors (Lipinski definition) is 5. The zero-order valence-corrected chi connectivity index (χ0v) is 19.6. The van der Waals surface area contributed by atoms with E-state index in [2.05, 4.69) is 29.4 Å². The first kappa shape index (κ1) is 24.8. The Bertz CT molecular complexity index is 551. The topological polar surface area (TPSA) is 67.4 Å². The van der Waals surface area contributed by atoms with Gasteiger partial charge in [0.15, 0.2) is 5.96 Å². The predicted octanol–water partition coefficient (Wildman–Crippen LogP) is 2.36. The van der Waals surface area contributed by atoms with Gasteiger partial charge in [-0.2, -0.15) is 0 Å². The van der Waals surface area contributed by atoms with Crippen molar-refractivity contribution in [3.63, 3.8) is 0 Å². The number of benzene rings is 1. The Hall–Kier alpha value is -1.26. The lowest BCUT2D eigenvalue weighted by molar-refractivity contribution is 0.0220. The van der Waals surface area contributed by atoms with Gasteiger partial charge in [0, 0.05) is 32.2 Å². The molecule has 160 valence electrons. The molecule has 1 aromatic rings. The minimum atomic E-state index is 0. The second kappa shape index (κ2) is 14.7. The molecule has 1 unspecified atom stereocenters. The molecule has 1 aliphatic rings. The van der Waals surface area contributed by atoms with Crippen molar-refractivity contribution in [1.82, 2.24) is 15.5 Å². The Balaban J connectivity index is 0.00000392. The van der Waals surface area contributed by atoms with Gasteiger partial charge in [0.05, 0.1) is 33.5 Å². The third-order valence-electron chi connectivity index (χ3n) is 4.47. The molecule has 0 aliphatic carbocycles. The number of guanidine groups is 1. The highest BCUT2D eigenvalue weighted by Crippen LogP contribution is 2.16. The summed E-state index contributed by atoms with van der Waals surface area (Å²) in [6.07, 6.45) is 0.898. The summed E-state index contributed by atoms with van der Waals surface area (Å²) < 4.78 is 16.3. The van der Waals surface area contributed by atoms with Crippen LogP contribution in [-0.2, 0) is 4.74 Å². The minimum absolute atomic E-state index is 0. The Labute approximate surface area is 186 Å². The molecule has 8 heteroatoms. The van der Waals surface area contributed by atoms with Gasteiger partial charge in [0.1, 0.15) is 11.5 Å². The molecule has 1 saturated heterocycles. The molecule has 1 aromatic carbocycles. The molecule has 0 amide bonds. The van der Waals surface area contributed by atoms with E-state index in [-0.39, 0.29) is 24.0 Å². The monoisotopic (exact) mass is 506 g/mol. The molecule has 1 aliphatic heterocycles. The number of nitrogens with one attached hydrogen (secondary N) is 2. The van der Waals surface area contributed by atoms with Crippen LogP contribution in [0.1, 0.15) is 20.3 Å². The van der Waals surface area contributed by atoms with Gasteiger partial charge in [-0.05, 0) is 44.5 Å². The summed E-state index contributed by atoms with van der Waals surface area (Å²) in [4.78, 5) is 7.15. The van der Waals surface area contributed by atoms with Gasteiger partial charge in [-0.3, -0.25) is 9.89 Å². The molecular formula is C20H35IN4O3. The van der Waals surface area contributed by atoms with Crippen molar-refractivity contribution >= 4 is 29.9 Å². The zero-order chi connectivity index (χ0) is 19.3. The number of rotatable bonds is 10. The number of ether oxygens (including phenoxy) is 3. The highest BCUT2D eigenvalue weighted by Gasteiger charge is 2.16. The standard InChI is InChI=1S/C20H34N4O3.HI/c1-4-21-20(23-16-17(2)24-11-14-26-15-12-24)22-10-5-13-27-19-8-6-18(25-3)7-9-19;/h6-9,17H,4-5,10-16H2,1-3H3,(H2,21,22,23);1H. The maximum atomic E-state index is 5.75. The third-order valence-corrected chi connectivity index (χ3v) is 4.47. The van der Waals surface area contributed by atoms with E-state index < -0.39 is 0 Å². The highest BCUT2D eigenvalue weighted by atomic mass is 127. The van der Waals surface area contributed by atoms with Gasteiger partial charge in [0.2, 0.25) is 0 Å². The number of nitrogens with zero attached hydrogens (tertiary/aromatic N) is 2. The smallest absolute Gasteiger partial charge is 0.191 e. The van der Waals surface area contributed by atoms with Crippen LogP contribution in [0, 0.1) is 0 Å². The molecule has 0 radical (unpaired) electrons. The fraction of sp³-hybridized carbons (Fsp3) is 0.650. The second-order valence-corrected chi connectivity index (χ2v) is 6.52. The summed E-state index contributed by atoms with van der Waals surface area (Å²) in [6.45, 7) is 11.0. The molecule has 2 N–H and O–H groups in total. The molecular weight excluding hydrogens is 471 g/mol. The normalized spacial score (nSPS) is 16.0. The highest BCUT2D eigenvalue weighted by molar-refractivity contribution is 14.0. The van der Waals surface area contributed by atoms with Gasteiger partial charge in [-0.15, -0.1) is 24.0 Å². The zero-order valence-electron chi connectivity index (χ0n) is 17.3. The number of aliphatic imine (C=N–C) groups is 1. The molecule has 1 atom stereocenters. The summed E-state index contributed by atoms with van der Waals surface area (Å²) in [7, 11) is 1.66. The van der Waals surface area contributed by atoms with Crippen molar-refractivity contribution in [3.05, 3.63) is 24.3 Å². The van der Waals surface area contributed by atoms with E-state index in [9.17, 15) is 0 Å². The molecule has 7 nitrogen and oxygen atoms in total. The molecule has 28 heavy (non-hydrogen) atoms. The molecule has 0 bridgehead atoms. The largest absolute Gasteiger partial charge is 0.497 e. The lowest BCUT2D eigenvalue weighted by Crippen LogP contribution is -2.44. The van der Waals surface area contributed by atoms with Gasteiger partial charge < -0.3 is 24.8 Å². The van der Waals surface area contributed by atoms with Crippen molar-refractivity contribution in [2.24, 2.45) is 4.99 Å². The van der Waals surface area contributed by atoms with E-state index in [4.69, 9.17) is 19.2 Å². The van der Waals surface area contributed by atoms with Crippen LogP contribution in [0.25, 0.3) is 0 Å². The molecule has 1 fully saturated rings. The van der Waals surface area contributed by atoms with E-state index in [1.54, 1.807) is 7.11 Å². The lowest BCUT2D eigenvalue weighted by atomic mass is 10.2. The van der Waals surface area contributed by atoms with Crippen LogP contribution in [-0.4, -0.2) is 76.6 Å². The van der Waals surface area contributed by atoms with E-state index in [0.29, 0.717) is 12.6 Å². The fourth-order valence-corrected chi connectivity index (χ4v) is 2.84. The Morgan fingerprint density at radius 3 is 2.50 bits per heavy atom. The van der Waals surface area contributed by atoms with Crippen LogP contribution in [0.2, 0.25) is 0 Å². The average Bonchev–Trinajstić information content (AvgIpc) is 2.72. The third kappa shape index (κ3) is 9.29. The number of halogens is 1. The molecule has 0 aromatic heterocycles. The maximum absolute atomic E-state index is 5.75. The Kier molecular flexibility index (Phi) is 13.0. The van der Waals surface area contributed by atoms with Crippen molar-refractivity contribution in [2.75, 3.05) is 59.7 Å². The Morgan fingerprint density at radius 1 is 1.18 bits per heavy atom. The Morgan fingerprint density at radius 2 is 1.86 bits per heavy atom. The lowest BCUT2D eigenvalue weighted by Gasteiger charge is -2.31. The molecule has 1 heterocycles. The first-order valence-electron chi connectivity index (χ1n) is 9.83. The minimum Gasteiger partial charge on any atom is -0.497 e. The van der Waals surface area contributed by atoms with Crippen LogP contribution < -0.4 is 20.1 Å². The van der Waals surface area contributed by atoms with Crippen molar-refractivity contribution in [3.8, 4) is 11.5 Å². The number of methoxy groups -OCH3 is 1. The summed E-state index contributed by atoms with van der Waals surface area (Å²) in [5, 5.41) is 6.68. The van der Waals surface area contributed by atoms with Crippen molar-refractivity contribution < 1.29 is 14.2 Å². The first-order chi connectivity index (χ1) is 13.2. The van der Waals surface area contributed by atoms with Gasteiger partial charge >= 0.3 is 0 Å². The number of hydrogen-bond donors (Lipinski definition) is 2. The summed E-state index contributed by atoms with van der Waals surface area (Å²) in [5.74, 6) is 2.56. The van der Waals surface area contributed by atoms with Gasteiger partial charge in [0.25, 0.3) is 0 Å².